The summed E-state index contributed by atoms with van der Waals surface area (Å²) in [4.78, 5) is 15.3. The van der Waals surface area contributed by atoms with Crippen molar-refractivity contribution in [2.24, 2.45) is 5.41 Å². The number of hydrazine groups is 1. The van der Waals surface area contributed by atoms with Crippen molar-refractivity contribution in [3.8, 4) is 0 Å². The van der Waals surface area contributed by atoms with Gasteiger partial charge in [-0.25, -0.2) is 9.37 Å². The van der Waals surface area contributed by atoms with E-state index in [0.29, 0.717) is 9.39 Å². The summed E-state index contributed by atoms with van der Waals surface area (Å²) in [6, 6.07) is 1.51. The third-order valence-electron chi connectivity index (χ3n) is 1.79. The van der Waals surface area contributed by atoms with Gasteiger partial charge in [0.05, 0.1) is 9.77 Å². The van der Waals surface area contributed by atoms with E-state index in [1.54, 1.807) is 20.8 Å². The molecule has 0 aliphatic carbocycles. The normalized spacial score (nSPS) is 11.1. The van der Waals surface area contributed by atoms with Gasteiger partial charge in [0, 0.05) is 5.41 Å². The van der Waals surface area contributed by atoms with Gasteiger partial charge in [0.2, 0.25) is 5.91 Å². The second kappa shape index (κ2) is 4.94. The Kier molecular flexibility index (Phi) is 4.06. The molecule has 0 spiro atoms. The van der Waals surface area contributed by atoms with Crippen molar-refractivity contribution in [1.29, 1.82) is 0 Å². The number of rotatable bonds is 2. The number of anilines is 1. The molecule has 0 saturated heterocycles. The van der Waals surface area contributed by atoms with E-state index in [1.807, 2.05) is 22.6 Å². The van der Waals surface area contributed by atoms with Crippen LogP contribution in [0, 0.1) is 14.8 Å². The Bertz CT molecular complexity index is 404. The Hall–Kier alpha value is -0.920. The van der Waals surface area contributed by atoms with Gasteiger partial charge in [-0.3, -0.25) is 15.6 Å². The highest BCUT2D eigenvalue weighted by Gasteiger charge is 2.20. The molecule has 0 radical (unpaired) electrons. The number of halogens is 2. The fraction of sp³-hybridized carbons (Fsp3) is 0.400. The molecule has 0 bridgehead atoms. The first-order valence-corrected chi connectivity index (χ1v) is 5.76. The molecule has 2 N–H and O–H groups in total. The first-order valence-electron chi connectivity index (χ1n) is 4.68. The van der Waals surface area contributed by atoms with E-state index in [4.69, 9.17) is 0 Å². The number of aromatic nitrogens is 1. The number of nitrogens with one attached hydrogen (secondary N) is 2. The first-order chi connectivity index (χ1) is 7.30. The maximum Gasteiger partial charge on any atom is 0.243 e. The third kappa shape index (κ3) is 3.58. The van der Waals surface area contributed by atoms with E-state index < -0.39 is 5.41 Å². The number of amides is 1. The summed E-state index contributed by atoms with van der Waals surface area (Å²) < 4.78 is 13.3. The number of hydrogen-bond acceptors (Lipinski definition) is 3. The third-order valence-corrected chi connectivity index (χ3v) is 2.62. The highest BCUT2D eigenvalue weighted by atomic mass is 127. The van der Waals surface area contributed by atoms with Crippen LogP contribution in [0.5, 0.6) is 0 Å². The smallest absolute Gasteiger partial charge is 0.243 e. The van der Waals surface area contributed by atoms with Crippen molar-refractivity contribution in [2.45, 2.75) is 20.8 Å². The lowest BCUT2D eigenvalue weighted by Crippen LogP contribution is -2.38. The predicted octanol–water partition coefficient (Wildman–Crippen LogP) is 2.31. The van der Waals surface area contributed by atoms with Gasteiger partial charge in [-0.1, -0.05) is 20.8 Å². The Labute approximate surface area is 107 Å². The molecule has 1 aromatic heterocycles. The van der Waals surface area contributed by atoms with Crippen molar-refractivity contribution in [3.05, 3.63) is 21.7 Å². The van der Waals surface area contributed by atoms with E-state index in [0.717, 1.165) is 6.20 Å². The van der Waals surface area contributed by atoms with Gasteiger partial charge in [0.25, 0.3) is 0 Å². The van der Waals surface area contributed by atoms with Crippen LogP contribution in [0.2, 0.25) is 0 Å². The summed E-state index contributed by atoms with van der Waals surface area (Å²) in [5, 5.41) is 0. The van der Waals surface area contributed by atoms with E-state index in [1.165, 1.54) is 6.07 Å². The van der Waals surface area contributed by atoms with Crippen LogP contribution in [0.3, 0.4) is 0 Å². The lowest BCUT2D eigenvalue weighted by molar-refractivity contribution is -0.127. The topological polar surface area (TPSA) is 54.0 Å². The van der Waals surface area contributed by atoms with Gasteiger partial charge in [0.15, 0.2) is 5.82 Å². The van der Waals surface area contributed by atoms with Crippen LogP contribution in [-0.2, 0) is 4.79 Å². The number of carbonyl (C=O) groups excluding carboxylic acids is 1. The molecule has 0 saturated carbocycles. The molecule has 0 aliphatic rings. The zero-order valence-electron chi connectivity index (χ0n) is 9.27. The Morgan fingerprint density at radius 3 is 2.62 bits per heavy atom. The van der Waals surface area contributed by atoms with Crippen LogP contribution in [0.25, 0.3) is 0 Å². The zero-order chi connectivity index (χ0) is 12.3. The summed E-state index contributed by atoms with van der Waals surface area (Å²) >= 11 is 1.86. The Morgan fingerprint density at radius 2 is 2.12 bits per heavy atom. The largest absolute Gasteiger partial charge is 0.282 e. The molecule has 6 heteroatoms. The van der Waals surface area contributed by atoms with Crippen molar-refractivity contribution in [2.75, 3.05) is 5.43 Å². The van der Waals surface area contributed by atoms with Crippen LogP contribution in [0.4, 0.5) is 10.2 Å². The van der Waals surface area contributed by atoms with E-state index >= 15 is 0 Å². The number of carbonyl (C=O) groups is 1. The Morgan fingerprint density at radius 1 is 1.50 bits per heavy atom. The maximum absolute atomic E-state index is 12.9. The molecule has 16 heavy (non-hydrogen) atoms. The lowest BCUT2D eigenvalue weighted by atomic mass is 9.96. The summed E-state index contributed by atoms with van der Waals surface area (Å²) in [5.74, 6) is -0.134. The molecule has 1 rings (SSSR count). The van der Waals surface area contributed by atoms with Crippen molar-refractivity contribution in [1.82, 2.24) is 10.4 Å². The molecule has 1 heterocycles. The molecule has 0 atom stereocenters. The molecule has 0 aromatic carbocycles. The van der Waals surface area contributed by atoms with E-state index in [-0.39, 0.29) is 11.7 Å². The number of nitrogens with zero attached hydrogens (tertiary/aromatic N) is 1. The fourth-order valence-corrected chi connectivity index (χ4v) is 1.23. The van der Waals surface area contributed by atoms with Gasteiger partial charge < -0.3 is 0 Å². The molecular formula is C10H13FIN3O. The molecule has 1 amide bonds. The highest BCUT2D eigenvalue weighted by molar-refractivity contribution is 14.1. The van der Waals surface area contributed by atoms with Gasteiger partial charge in [-0.15, -0.1) is 0 Å². The van der Waals surface area contributed by atoms with Gasteiger partial charge in [-0.2, -0.15) is 0 Å². The predicted molar refractivity (Wildman–Crippen MR) is 68.1 cm³/mol. The highest BCUT2D eigenvalue weighted by Crippen LogP contribution is 2.14. The average Bonchev–Trinajstić information content (AvgIpc) is 2.18. The minimum absolute atomic E-state index is 0.159. The van der Waals surface area contributed by atoms with Crippen LogP contribution in [-0.4, -0.2) is 10.9 Å². The van der Waals surface area contributed by atoms with Crippen molar-refractivity contribution < 1.29 is 9.18 Å². The fourth-order valence-electron chi connectivity index (χ4n) is 0.791. The maximum atomic E-state index is 12.9. The number of pyridine rings is 1. The van der Waals surface area contributed by atoms with E-state index in [2.05, 4.69) is 15.8 Å². The Balaban J connectivity index is 2.62. The summed E-state index contributed by atoms with van der Waals surface area (Å²) in [7, 11) is 0. The van der Waals surface area contributed by atoms with E-state index in [9.17, 15) is 9.18 Å². The molecule has 88 valence electrons. The SMILES string of the molecule is CC(C)(C)C(=O)NNc1cc(I)c(F)cn1. The molecule has 0 unspecified atom stereocenters. The average molecular weight is 337 g/mol. The quantitative estimate of drug-likeness (QED) is 0.643. The van der Waals surface area contributed by atoms with Crippen LogP contribution in [0.15, 0.2) is 12.3 Å². The monoisotopic (exact) mass is 337 g/mol. The van der Waals surface area contributed by atoms with Crippen LogP contribution >= 0.6 is 22.6 Å². The van der Waals surface area contributed by atoms with Gasteiger partial charge in [0.1, 0.15) is 5.82 Å². The minimum Gasteiger partial charge on any atom is -0.282 e. The summed E-state index contributed by atoms with van der Waals surface area (Å²) in [5.41, 5.74) is 4.66. The summed E-state index contributed by atoms with van der Waals surface area (Å²) in [6.07, 6.45) is 1.10. The summed E-state index contributed by atoms with van der Waals surface area (Å²) in [6.45, 7) is 5.39. The number of hydrogen-bond donors (Lipinski definition) is 2. The van der Waals surface area contributed by atoms with Gasteiger partial charge >= 0.3 is 0 Å². The van der Waals surface area contributed by atoms with Crippen molar-refractivity contribution >= 4 is 34.3 Å². The van der Waals surface area contributed by atoms with Crippen molar-refractivity contribution in [3.63, 3.8) is 0 Å². The molecule has 4 nitrogen and oxygen atoms in total. The van der Waals surface area contributed by atoms with Crippen LogP contribution < -0.4 is 10.9 Å². The lowest BCUT2D eigenvalue weighted by Gasteiger charge is -2.18. The second-order valence-corrected chi connectivity index (χ2v) is 5.47. The minimum atomic E-state index is -0.486. The molecular weight excluding hydrogens is 324 g/mol. The molecule has 1 aromatic rings. The molecule has 0 fully saturated rings. The van der Waals surface area contributed by atoms with Gasteiger partial charge in [-0.05, 0) is 28.7 Å². The first kappa shape index (κ1) is 13.1. The second-order valence-electron chi connectivity index (χ2n) is 4.31. The van der Waals surface area contributed by atoms with Crippen LogP contribution in [0.1, 0.15) is 20.8 Å². The zero-order valence-corrected chi connectivity index (χ0v) is 11.4. The standard InChI is InChI=1S/C10H13FIN3O/c1-10(2,3)9(16)15-14-8-4-7(12)6(11)5-13-8/h4-5H,1-3H3,(H,13,14)(H,15,16). The molecule has 0 aliphatic heterocycles.